The monoisotopic (exact) mass is 258 g/mol. The number of aryl methyl sites for hydroxylation is 1. The van der Waals surface area contributed by atoms with Crippen LogP contribution in [0.25, 0.3) is 11.3 Å². The Labute approximate surface area is 112 Å². The van der Waals surface area contributed by atoms with E-state index in [1.807, 2.05) is 18.2 Å². The zero-order valence-corrected chi connectivity index (χ0v) is 11.6. The highest BCUT2D eigenvalue weighted by Gasteiger charge is 2.14. The smallest absolute Gasteiger partial charge is 0.154 e. The lowest BCUT2D eigenvalue weighted by Gasteiger charge is -2.13. The molecule has 0 fully saturated rings. The highest BCUT2D eigenvalue weighted by molar-refractivity contribution is 5.75. The maximum atomic E-state index is 5.93. The van der Waals surface area contributed by atoms with Crippen LogP contribution < -0.4 is 10.5 Å². The van der Waals surface area contributed by atoms with Gasteiger partial charge >= 0.3 is 0 Å². The van der Waals surface area contributed by atoms with E-state index in [0.29, 0.717) is 23.3 Å². The average Bonchev–Trinajstić information content (AvgIpc) is 2.38. The number of anilines is 1. The number of nitrogens with two attached hydrogens (primary N) is 1. The quantitative estimate of drug-likeness (QED) is 0.915. The molecule has 2 aromatic rings. The van der Waals surface area contributed by atoms with Crippen molar-refractivity contribution >= 4 is 5.82 Å². The standard InChI is InChI=1S/C14H18N4O/c1-8(2)10-5-6-12(19-4)11(7-10)13-14(15)16-9(3)17-18-13/h5-8H,1-4H3,(H2,15,16,17). The average molecular weight is 258 g/mol. The molecule has 1 aromatic carbocycles. The Bertz CT molecular complexity index is 596. The van der Waals surface area contributed by atoms with Crippen molar-refractivity contribution in [2.24, 2.45) is 0 Å². The summed E-state index contributed by atoms with van der Waals surface area (Å²) in [4.78, 5) is 4.15. The number of hydrogen-bond donors (Lipinski definition) is 1. The van der Waals surface area contributed by atoms with Gasteiger partial charge in [-0.05, 0) is 30.5 Å². The molecule has 2 N–H and O–H groups in total. The van der Waals surface area contributed by atoms with Crippen molar-refractivity contribution in [1.82, 2.24) is 15.2 Å². The van der Waals surface area contributed by atoms with Crippen molar-refractivity contribution in [1.29, 1.82) is 0 Å². The summed E-state index contributed by atoms with van der Waals surface area (Å²) in [5.74, 6) is 2.06. The fraction of sp³-hybridized carbons (Fsp3) is 0.357. The van der Waals surface area contributed by atoms with E-state index in [9.17, 15) is 0 Å². The molecule has 0 saturated carbocycles. The lowest BCUT2D eigenvalue weighted by atomic mass is 9.99. The normalized spacial score (nSPS) is 10.8. The van der Waals surface area contributed by atoms with Crippen LogP contribution in [0.3, 0.4) is 0 Å². The minimum Gasteiger partial charge on any atom is -0.496 e. The number of rotatable bonds is 3. The van der Waals surface area contributed by atoms with E-state index >= 15 is 0 Å². The molecule has 19 heavy (non-hydrogen) atoms. The largest absolute Gasteiger partial charge is 0.496 e. The van der Waals surface area contributed by atoms with Gasteiger partial charge in [0.2, 0.25) is 0 Å². The molecule has 0 saturated heterocycles. The summed E-state index contributed by atoms with van der Waals surface area (Å²) in [6.45, 7) is 6.02. The molecule has 0 spiro atoms. The first-order valence-corrected chi connectivity index (χ1v) is 6.18. The van der Waals surface area contributed by atoms with Crippen molar-refractivity contribution < 1.29 is 4.74 Å². The van der Waals surface area contributed by atoms with Crippen LogP contribution in [-0.2, 0) is 0 Å². The molecule has 100 valence electrons. The number of methoxy groups -OCH3 is 1. The van der Waals surface area contributed by atoms with Crippen LogP contribution in [0.1, 0.15) is 31.2 Å². The molecular weight excluding hydrogens is 240 g/mol. The number of aromatic nitrogens is 3. The summed E-state index contributed by atoms with van der Waals surface area (Å²) >= 11 is 0. The Morgan fingerprint density at radius 2 is 1.95 bits per heavy atom. The van der Waals surface area contributed by atoms with Crippen molar-refractivity contribution in [3.63, 3.8) is 0 Å². The molecule has 0 bridgehead atoms. The molecule has 0 unspecified atom stereocenters. The molecule has 0 amide bonds. The first-order valence-electron chi connectivity index (χ1n) is 6.18. The van der Waals surface area contributed by atoms with Crippen LogP contribution in [0.5, 0.6) is 5.75 Å². The van der Waals surface area contributed by atoms with Gasteiger partial charge in [-0.15, -0.1) is 10.2 Å². The Kier molecular flexibility index (Phi) is 3.64. The van der Waals surface area contributed by atoms with Gasteiger partial charge in [0.1, 0.15) is 17.3 Å². The Balaban J connectivity index is 2.61. The summed E-state index contributed by atoms with van der Waals surface area (Å²) in [5, 5.41) is 8.11. The van der Waals surface area contributed by atoms with Crippen molar-refractivity contribution in [3.05, 3.63) is 29.6 Å². The third-order valence-corrected chi connectivity index (χ3v) is 2.96. The topological polar surface area (TPSA) is 73.9 Å². The van der Waals surface area contributed by atoms with Crippen LogP contribution in [0, 0.1) is 6.92 Å². The fourth-order valence-corrected chi connectivity index (χ4v) is 1.88. The van der Waals surface area contributed by atoms with Crippen LogP contribution in [0.2, 0.25) is 0 Å². The Morgan fingerprint density at radius 3 is 2.53 bits per heavy atom. The highest BCUT2D eigenvalue weighted by Crippen LogP contribution is 2.33. The molecular formula is C14H18N4O. The lowest BCUT2D eigenvalue weighted by molar-refractivity contribution is 0.416. The number of nitrogens with zero attached hydrogens (tertiary/aromatic N) is 3. The molecule has 0 aliphatic heterocycles. The number of nitrogen functional groups attached to an aromatic ring is 1. The van der Waals surface area contributed by atoms with Crippen molar-refractivity contribution in [3.8, 4) is 17.0 Å². The van der Waals surface area contributed by atoms with Crippen LogP contribution in [0.15, 0.2) is 18.2 Å². The zero-order valence-electron chi connectivity index (χ0n) is 11.6. The number of hydrogen-bond acceptors (Lipinski definition) is 5. The summed E-state index contributed by atoms with van der Waals surface area (Å²) in [6, 6.07) is 5.99. The van der Waals surface area contributed by atoms with Gasteiger partial charge in [-0.3, -0.25) is 0 Å². The molecule has 0 atom stereocenters. The van der Waals surface area contributed by atoms with Crippen LogP contribution in [-0.4, -0.2) is 22.3 Å². The van der Waals surface area contributed by atoms with E-state index in [-0.39, 0.29) is 0 Å². The second-order valence-electron chi connectivity index (χ2n) is 4.71. The molecule has 5 heteroatoms. The van der Waals surface area contributed by atoms with Gasteiger partial charge in [0.15, 0.2) is 5.82 Å². The summed E-state index contributed by atoms with van der Waals surface area (Å²) in [6.07, 6.45) is 0. The summed E-state index contributed by atoms with van der Waals surface area (Å²) < 4.78 is 5.37. The third kappa shape index (κ3) is 2.65. The predicted octanol–water partition coefficient (Wildman–Crippen LogP) is 2.56. The second-order valence-corrected chi connectivity index (χ2v) is 4.71. The van der Waals surface area contributed by atoms with E-state index in [1.165, 1.54) is 5.56 Å². The minimum absolute atomic E-state index is 0.367. The summed E-state index contributed by atoms with van der Waals surface area (Å²) in [7, 11) is 1.62. The van der Waals surface area contributed by atoms with Crippen molar-refractivity contribution in [2.45, 2.75) is 26.7 Å². The van der Waals surface area contributed by atoms with E-state index in [4.69, 9.17) is 10.5 Å². The number of benzene rings is 1. The molecule has 1 heterocycles. The maximum Gasteiger partial charge on any atom is 0.154 e. The van der Waals surface area contributed by atoms with E-state index in [2.05, 4.69) is 29.0 Å². The van der Waals surface area contributed by atoms with E-state index in [1.54, 1.807) is 14.0 Å². The molecule has 0 aliphatic rings. The Morgan fingerprint density at radius 1 is 1.21 bits per heavy atom. The molecule has 0 aliphatic carbocycles. The van der Waals surface area contributed by atoms with Gasteiger partial charge in [0, 0.05) is 5.56 Å². The second kappa shape index (κ2) is 5.22. The minimum atomic E-state index is 0.367. The van der Waals surface area contributed by atoms with Gasteiger partial charge in [0.05, 0.1) is 7.11 Å². The Hall–Kier alpha value is -2.17. The van der Waals surface area contributed by atoms with Crippen LogP contribution in [0.4, 0.5) is 5.82 Å². The third-order valence-electron chi connectivity index (χ3n) is 2.96. The van der Waals surface area contributed by atoms with Crippen molar-refractivity contribution in [2.75, 3.05) is 12.8 Å². The van der Waals surface area contributed by atoms with Gasteiger partial charge in [-0.2, -0.15) is 0 Å². The summed E-state index contributed by atoms with van der Waals surface area (Å²) in [5.41, 5.74) is 8.51. The number of ether oxygens (including phenoxy) is 1. The molecule has 5 nitrogen and oxygen atoms in total. The fourth-order valence-electron chi connectivity index (χ4n) is 1.88. The van der Waals surface area contributed by atoms with Gasteiger partial charge in [-0.25, -0.2) is 4.98 Å². The highest BCUT2D eigenvalue weighted by atomic mass is 16.5. The van der Waals surface area contributed by atoms with Crippen LogP contribution >= 0.6 is 0 Å². The first kappa shape index (κ1) is 13.3. The van der Waals surface area contributed by atoms with E-state index in [0.717, 1.165) is 11.3 Å². The van der Waals surface area contributed by atoms with Gasteiger partial charge < -0.3 is 10.5 Å². The first-order chi connectivity index (χ1) is 9.02. The SMILES string of the molecule is COc1ccc(C(C)C)cc1-c1nnc(C)nc1N. The maximum absolute atomic E-state index is 5.93. The molecule has 0 radical (unpaired) electrons. The molecule has 1 aromatic heterocycles. The lowest BCUT2D eigenvalue weighted by Crippen LogP contribution is -2.03. The van der Waals surface area contributed by atoms with E-state index < -0.39 is 0 Å². The van der Waals surface area contributed by atoms with Gasteiger partial charge in [-0.1, -0.05) is 19.9 Å². The predicted molar refractivity (Wildman–Crippen MR) is 75.1 cm³/mol. The zero-order chi connectivity index (χ0) is 14.0. The van der Waals surface area contributed by atoms with Gasteiger partial charge in [0.25, 0.3) is 0 Å². The molecule has 2 rings (SSSR count).